The molecule has 1 aromatic heterocycles. The van der Waals surface area contributed by atoms with E-state index in [0.717, 1.165) is 31.2 Å². The molecule has 6 heteroatoms. The van der Waals surface area contributed by atoms with Gasteiger partial charge < -0.3 is 4.98 Å². The molecule has 1 aliphatic rings. The number of carbonyl (C=O) groups excluding carboxylic acids is 1. The van der Waals surface area contributed by atoms with Crippen LogP contribution in [0.3, 0.4) is 0 Å². The van der Waals surface area contributed by atoms with Crippen LogP contribution < -0.4 is 11.2 Å². The zero-order valence-corrected chi connectivity index (χ0v) is 11.3. The van der Waals surface area contributed by atoms with Crippen molar-refractivity contribution in [2.24, 2.45) is 0 Å². The van der Waals surface area contributed by atoms with Gasteiger partial charge in [-0.25, -0.2) is 10.3 Å². The predicted octanol–water partition coefficient (Wildman–Crippen LogP) is 0.920. The molecule has 0 atom stereocenters. The number of hydroxylamine groups is 1. The van der Waals surface area contributed by atoms with Crippen LogP contribution in [0.25, 0.3) is 0 Å². The van der Waals surface area contributed by atoms with Crippen molar-refractivity contribution in [3.8, 4) is 0 Å². The third-order valence-electron chi connectivity index (χ3n) is 3.43. The van der Waals surface area contributed by atoms with Crippen molar-refractivity contribution < 1.29 is 9.63 Å². The average Bonchev–Trinajstić information content (AvgIpc) is 2.84. The third-order valence-corrected chi connectivity index (χ3v) is 3.43. The van der Waals surface area contributed by atoms with Crippen molar-refractivity contribution in [1.29, 1.82) is 0 Å². The Morgan fingerprint density at radius 3 is 2.74 bits per heavy atom. The van der Waals surface area contributed by atoms with Gasteiger partial charge in [0.2, 0.25) is 5.91 Å². The van der Waals surface area contributed by atoms with E-state index in [1.165, 1.54) is 0 Å². The first-order chi connectivity index (χ1) is 9.06. The molecule has 2 N–H and O–H groups in total. The monoisotopic (exact) mass is 265 g/mol. The number of aryl methyl sites for hydroxylation is 2. The van der Waals surface area contributed by atoms with Gasteiger partial charge in [-0.05, 0) is 26.7 Å². The Labute approximate surface area is 111 Å². The lowest BCUT2D eigenvalue weighted by molar-refractivity contribution is -0.137. The zero-order valence-electron chi connectivity index (χ0n) is 11.3. The molecule has 1 aliphatic carbocycles. The Morgan fingerprint density at radius 2 is 2.11 bits per heavy atom. The fraction of sp³-hybridized carbons (Fsp3) is 0.615. The fourth-order valence-electron chi connectivity index (χ4n) is 2.37. The van der Waals surface area contributed by atoms with Crippen molar-refractivity contribution >= 4 is 5.91 Å². The molecule has 0 aliphatic heterocycles. The molecule has 1 saturated carbocycles. The highest BCUT2D eigenvalue weighted by atomic mass is 16.7. The summed E-state index contributed by atoms with van der Waals surface area (Å²) in [5, 5.41) is 0. The smallest absolute Gasteiger partial charge is 0.310 e. The maximum atomic E-state index is 11.8. The second kappa shape index (κ2) is 5.97. The van der Waals surface area contributed by atoms with Crippen LogP contribution in [0.15, 0.2) is 4.79 Å². The van der Waals surface area contributed by atoms with Crippen LogP contribution in [0, 0.1) is 13.8 Å². The first-order valence-corrected chi connectivity index (χ1v) is 6.57. The van der Waals surface area contributed by atoms with E-state index in [-0.39, 0.29) is 24.1 Å². The highest BCUT2D eigenvalue weighted by molar-refractivity contribution is 5.78. The van der Waals surface area contributed by atoms with Crippen LogP contribution in [-0.2, 0) is 16.1 Å². The molecule has 19 heavy (non-hydrogen) atoms. The molecule has 0 radical (unpaired) electrons. The maximum Gasteiger partial charge on any atom is 0.345 e. The summed E-state index contributed by atoms with van der Waals surface area (Å²) in [5.74, 6) is -0.216. The SMILES string of the molecule is Cc1nc(=O)[nH]c(C)c1CC(=O)NOC1CCCC1. The minimum absolute atomic E-state index is 0.139. The van der Waals surface area contributed by atoms with E-state index < -0.39 is 0 Å². The number of rotatable bonds is 4. The van der Waals surface area contributed by atoms with Crippen LogP contribution >= 0.6 is 0 Å². The highest BCUT2D eigenvalue weighted by Crippen LogP contribution is 2.19. The highest BCUT2D eigenvalue weighted by Gasteiger charge is 2.17. The molecule has 1 fully saturated rings. The Kier molecular flexibility index (Phi) is 4.31. The van der Waals surface area contributed by atoms with Crippen LogP contribution in [0.4, 0.5) is 0 Å². The number of hydrogen-bond acceptors (Lipinski definition) is 4. The van der Waals surface area contributed by atoms with E-state index in [9.17, 15) is 9.59 Å². The Balaban J connectivity index is 1.93. The van der Waals surface area contributed by atoms with Crippen molar-refractivity contribution in [2.75, 3.05) is 0 Å². The molecule has 6 nitrogen and oxygen atoms in total. The van der Waals surface area contributed by atoms with Gasteiger partial charge in [-0.1, -0.05) is 12.8 Å². The number of hydrogen-bond donors (Lipinski definition) is 2. The molecule has 104 valence electrons. The molecule has 0 unspecified atom stereocenters. The van der Waals surface area contributed by atoms with Gasteiger partial charge in [0.25, 0.3) is 0 Å². The molecule has 1 aromatic rings. The quantitative estimate of drug-likeness (QED) is 0.793. The Bertz CT molecular complexity index is 492. The lowest BCUT2D eigenvalue weighted by Crippen LogP contribution is -2.30. The summed E-state index contributed by atoms with van der Waals surface area (Å²) < 4.78 is 0. The van der Waals surface area contributed by atoms with Crippen molar-refractivity contribution in [3.05, 3.63) is 27.4 Å². The summed E-state index contributed by atoms with van der Waals surface area (Å²) in [4.78, 5) is 34.7. The van der Waals surface area contributed by atoms with Crippen LogP contribution in [-0.4, -0.2) is 22.0 Å². The number of H-pyrrole nitrogens is 1. The second-order valence-corrected chi connectivity index (χ2v) is 4.96. The molecule has 1 amide bonds. The Morgan fingerprint density at radius 1 is 1.42 bits per heavy atom. The van der Waals surface area contributed by atoms with Gasteiger partial charge in [-0.2, -0.15) is 4.98 Å². The third kappa shape index (κ3) is 3.64. The van der Waals surface area contributed by atoms with Crippen molar-refractivity contribution in [3.63, 3.8) is 0 Å². The summed E-state index contributed by atoms with van der Waals surface area (Å²) in [6.45, 7) is 3.49. The largest absolute Gasteiger partial charge is 0.345 e. The van der Waals surface area contributed by atoms with Gasteiger partial charge in [0.05, 0.1) is 12.5 Å². The second-order valence-electron chi connectivity index (χ2n) is 4.96. The molecule has 0 spiro atoms. The molecule has 0 aromatic carbocycles. The van der Waals surface area contributed by atoms with Gasteiger partial charge in [0, 0.05) is 17.0 Å². The van der Waals surface area contributed by atoms with Crippen molar-refractivity contribution in [1.82, 2.24) is 15.4 Å². The minimum atomic E-state index is -0.388. The van der Waals surface area contributed by atoms with E-state index in [0.29, 0.717) is 11.4 Å². The number of aromatic amines is 1. The lowest BCUT2D eigenvalue weighted by Gasteiger charge is -2.12. The summed E-state index contributed by atoms with van der Waals surface area (Å²) in [5.41, 5.74) is 4.09. The maximum absolute atomic E-state index is 11.8. The molecular formula is C13H19N3O3. The number of amides is 1. The summed E-state index contributed by atoms with van der Waals surface area (Å²) in [7, 11) is 0. The van der Waals surface area contributed by atoms with Gasteiger partial charge in [0.15, 0.2) is 0 Å². The van der Waals surface area contributed by atoms with E-state index in [4.69, 9.17) is 4.84 Å². The standard InChI is InChI=1S/C13H19N3O3/c1-8-11(9(2)15-13(18)14-8)7-12(17)16-19-10-5-3-4-6-10/h10H,3-7H2,1-2H3,(H,16,17)(H,14,15,18). The summed E-state index contributed by atoms with van der Waals surface area (Å²) in [6.07, 6.45) is 4.61. The van der Waals surface area contributed by atoms with E-state index in [1.807, 2.05) is 0 Å². The molecule has 0 bridgehead atoms. The van der Waals surface area contributed by atoms with Gasteiger partial charge in [-0.15, -0.1) is 0 Å². The number of nitrogens with zero attached hydrogens (tertiary/aromatic N) is 1. The van der Waals surface area contributed by atoms with E-state index >= 15 is 0 Å². The zero-order chi connectivity index (χ0) is 13.8. The molecule has 2 rings (SSSR count). The summed E-state index contributed by atoms with van der Waals surface area (Å²) in [6, 6.07) is 0. The molecule has 1 heterocycles. The van der Waals surface area contributed by atoms with E-state index in [1.54, 1.807) is 13.8 Å². The lowest BCUT2D eigenvalue weighted by atomic mass is 10.1. The number of carbonyl (C=O) groups is 1. The average molecular weight is 265 g/mol. The van der Waals surface area contributed by atoms with E-state index in [2.05, 4.69) is 15.4 Å². The normalized spacial score (nSPS) is 15.7. The van der Waals surface area contributed by atoms with Crippen molar-refractivity contribution in [2.45, 2.75) is 52.1 Å². The first-order valence-electron chi connectivity index (χ1n) is 6.57. The minimum Gasteiger partial charge on any atom is -0.310 e. The van der Waals surface area contributed by atoms with Crippen LogP contribution in [0.5, 0.6) is 0 Å². The number of nitrogens with one attached hydrogen (secondary N) is 2. The Hall–Kier alpha value is -1.69. The number of aromatic nitrogens is 2. The van der Waals surface area contributed by atoms with Gasteiger partial charge >= 0.3 is 5.69 Å². The molecular weight excluding hydrogens is 246 g/mol. The van der Waals surface area contributed by atoms with Gasteiger partial charge in [-0.3, -0.25) is 9.63 Å². The molecule has 0 saturated heterocycles. The van der Waals surface area contributed by atoms with Crippen LogP contribution in [0.2, 0.25) is 0 Å². The van der Waals surface area contributed by atoms with Crippen LogP contribution in [0.1, 0.15) is 42.6 Å². The topological polar surface area (TPSA) is 84.1 Å². The summed E-state index contributed by atoms with van der Waals surface area (Å²) >= 11 is 0. The predicted molar refractivity (Wildman–Crippen MR) is 69.5 cm³/mol. The van der Waals surface area contributed by atoms with Gasteiger partial charge in [0.1, 0.15) is 0 Å². The first kappa shape index (κ1) is 13.7. The fourth-order valence-corrected chi connectivity index (χ4v) is 2.37.